The minimum atomic E-state index is -0.784. The quantitative estimate of drug-likeness (QED) is 0.686. The van der Waals surface area contributed by atoms with Crippen LogP contribution >= 0.6 is 0 Å². The first-order valence-electron chi connectivity index (χ1n) is 6.85. The van der Waals surface area contributed by atoms with E-state index < -0.39 is 12.1 Å². The van der Waals surface area contributed by atoms with Gasteiger partial charge in [0, 0.05) is 6.04 Å². The molecule has 2 N–H and O–H groups in total. The Labute approximate surface area is 118 Å². The monoisotopic (exact) mass is 286 g/mol. The van der Waals surface area contributed by atoms with Gasteiger partial charge in [0.2, 0.25) is 5.91 Å². The van der Waals surface area contributed by atoms with Crippen LogP contribution in [-0.2, 0) is 14.3 Å². The number of ether oxygens (including phenoxy) is 1. The summed E-state index contributed by atoms with van der Waals surface area (Å²) in [5, 5.41) is 11.8. The van der Waals surface area contributed by atoms with Gasteiger partial charge in [0.25, 0.3) is 0 Å². The number of rotatable bonds is 8. The lowest BCUT2D eigenvalue weighted by atomic mass is 10.0. The average molecular weight is 286 g/mol. The second kappa shape index (κ2) is 7.84. The van der Waals surface area contributed by atoms with Crippen molar-refractivity contribution in [2.24, 2.45) is 5.92 Å². The topological polar surface area (TPSA) is 95.9 Å². The van der Waals surface area contributed by atoms with Crippen LogP contribution in [0.5, 0.6) is 0 Å². The van der Waals surface area contributed by atoms with E-state index in [-0.39, 0.29) is 31.0 Å². The Balaban J connectivity index is 2.16. The van der Waals surface area contributed by atoms with Gasteiger partial charge in [-0.3, -0.25) is 9.59 Å². The molecular weight excluding hydrogens is 264 g/mol. The molecule has 0 spiro atoms. The molecule has 0 bridgehead atoms. The molecule has 1 aliphatic rings. The maximum absolute atomic E-state index is 11.7. The zero-order valence-corrected chi connectivity index (χ0v) is 11.9. The van der Waals surface area contributed by atoms with E-state index in [0.29, 0.717) is 13.0 Å². The first-order valence-corrected chi connectivity index (χ1v) is 6.85. The lowest BCUT2D eigenvalue weighted by molar-refractivity contribution is -0.141. The molecule has 0 aliphatic carbocycles. The molecule has 1 heterocycles. The molecule has 0 saturated carbocycles. The third kappa shape index (κ3) is 5.16. The fraction of sp³-hybridized carbons (Fsp3) is 0.769. The molecule has 2 unspecified atom stereocenters. The van der Waals surface area contributed by atoms with Crippen molar-refractivity contribution in [3.8, 4) is 0 Å². The highest BCUT2D eigenvalue weighted by atomic mass is 16.6. The van der Waals surface area contributed by atoms with Crippen molar-refractivity contribution >= 4 is 18.0 Å². The average Bonchev–Trinajstić information content (AvgIpc) is 2.82. The van der Waals surface area contributed by atoms with E-state index in [2.05, 4.69) is 10.1 Å². The molecule has 0 aromatic rings. The maximum atomic E-state index is 11.7. The van der Waals surface area contributed by atoms with E-state index in [4.69, 9.17) is 5.11 Å². The third-order valence-electron chi connectivity index (χ3n) is 3.36. The molecule has 20 heavy (non-hydrogen) atoms. The van der Waals surface area contributed by atoms with Crippen LogP contribution in [0.1, 0.15) is 33.1 Å². The van der Waals surface area contributed by atoms with Gasteiger partial charge in [-0.15, -0.1) is 0 Å². The summed E-state index contributed by atoms with van der Waals surface area (Å²) in [5.74, 6) is -1.42. The normalized spacial score (nSPS) is 17.7. The lowest BCUT2D eigenvalue weighted by Gasteiger charge is -2.16. The molecule has 0 aromatic heterocycles. The van der Waals surface area contributed by atoms with Crippen molar-refractivity contribution in [3.63, 3.8) is 0 Å². The van der Waals surface area contributed by atoms with Crippen molar-refractivity contribution in [2.45, 2.75) is 39.2 Å². The predicted octanol–water partition coefficient (Wildman–Crippen LogP) is 0.834. The number of aliphatic carboxylic acids is 1. The Morgan fingerprint density at radius 1 is 1.40 bits per heavy atom. The third-order valence-corrected chi connectivity index (χ3v) is 3.36. The smallest absolute Gasteiger partial charge is 0.416 e. The summed E-state index contributed by atoms with van der Waals surface area (Å²) in [5.41, 5.74) is 0. The fourth-order valence-corrected chi connectivity index (χ4v) is 1.93. The summed E-state index contributed by atoms with van der Waals surface area (Å²) in [6.07, 6.45) is 1.60. The van der Waals surface area contributed by atoms with Crippen LogP contribution in [0.25, 0.3) is 0 Å². The Morgan fingerprint density at radius 3 is 2.65 bits per heavy atom. The number of hydrogen-bond donors (Lipinski definition) is 2. The van der Waals surface area contributed by atoms with Crippen LogP contribution in [0.15, 0.2) is 0 Å². The summed E-state index contributed by atoms with van der Waals surface area (Å²) < 4.78 is 4.69. The van der Waals surface area contributed by atoms with Gasteiger partial charge in [-0.25, -0.2) is 9.69 Å². The fourth-order valence-electron chi connectivity index (χ4n) is 1.93. The number of nitrogens with zero attached hydrogens (tertiary/aromatic N) is 1. The first-order chi connectivity index (χ1) is 9.41. The van der Waals surface area contributed by atoms with Gasteiger partial charge in [0.15, 0.2) is 0 Å². The summed E-state index contributed by atoms with van der Waals surface area (Å²) >= 11 is 0. The molecule has 2 atom stereocenters. The number of carboxylic acids is 1. The van der Waals surface area contributed by atoms with Gasteiger partial charge in [-0.2, -0.15) is 0 Å². The van der Waals surface area contributed by atoms with Crippen LogP contribution in [0.3, 0.4) is 0 Å². The highest BCUT2D eigenvalue weighted by molar-refractivity contribution is 5.94. The number of hydrogen-bond acceptors (Lipinski definition) is 5. The van der Waals surface area contributed by atoms with Gasteiger partial charge in [-0.05, 0) is 19.8 Å². The number of carbonyl (C=O) groups is 3. The Bertz CT molecular complexity index is 372. The van der Waals surface area contributed by atoms with E-state index >= 15 is 0 Å². The molecule has 2 amide bonds. The maximum Gasteiger partial charge on any atom is 0.416 e. The van der Waals surface area contributed by atoms with Crippen molar-refractivity contribution in [1.82, 2.24) is 10.2 Å². The predicted molar refractivity (Wildman–Crippen MR) is 71.2 cm³/mol. The largest absolute Gasteiger partial charge is 0.481 e. The standard InChI is InChI=1S/C13H22N2O5/c1-9(12(17)18)4-3-5-10(2)14-8-11(16)15-6-7-20-13(15)19/h9-10,14H,3-8H2,1-2H3,(H,17,18). The second-order valence-corrected chi connectivity index (χ2v) is 5.11. The summed E-state index contributed by atoms with van der Waals surface area (Å²) in [4.78, 5) is 34.6. The van der Waals surface area contributed by atoms with Crippen LogP contribution < -0.4 is 5.32 Å². The molecule has 114 valence electrons. The number of cyclic esters (lactones) is 1. The van der Waals surface area contributed by atoms with Crippen LogP contribution in [0.2, 0.25) is 0 Å². The highest BCUT2D eigenvalue weighted by Gasteiger charge is 2.27. The van der Waals surface area contributed by atoms with Crippen LogP contribution in [0.4, 0.5) is 4.79 Å². The van der Waals surface area contributed by atoms with Gasteiger partial charge in [-0.1, -0.05) is 13.3 Å². The summed E-state index contributed by atoms with van der Waals surface area (Å²) in [6.45, 7) is 4.27. The number of amides is 2. The number of imide groups is 1. The van der Waals surface area contributed by atoms with E-state index in [1.54, 1.807) is 6.92 Å². The van der Waals surface area contributed by atoms with E-state index in [1.165, 1.54) is 0 Å². The highest BCUT2D eigenvalue weighted by Crippen LogP contribution is 2.09. The molecule has 7 heteroatoms. The Hall–Kier alpha value is -1.63. The van der Waals surface area contributed by atoms with Gasteiger partial charge >= 0.3 is 12.1 Å². The molecule has 0 radical (unpaired) electrons. The minimum absolute atomic E-state index is 0.0880. The zero-order chi connectivity index (χ0) is 15.1. The van der Waals surface area contributed by atoms with Gasteiger partial charge in [0.1, 0.15) is 6.61 Å². The number of nitrogens with one attached hydrogen (secondary N) is 1. The first kappa shape index (κ1) is 16.4. The van der Waals surface area contributed by atoms with E-state index in [0.717, 1.165) is 17.7 Å². The summed E-state index contributed by atoms with van der Waals surface area (Å²) in [6, 6.07) is 0.0959. The molecule has 1 rings (SSSR count). The SMILES string of the molecule is CC(CCCC(C)C(=O)O)NCC(=O)N1CCOC1=O. The molecule has 7 nitrogen and oxygen atoms in total. The second-order valence-electron chi connectivity index (χ2n) is 5.11. The van der Waals surface area contributed by atoms with E-state index in [9.17, 15) is 14.4 Å². The minimum Gasteiger partial charge on any atom is -0.481 e. The Morgan fingerprint density at radius 2 is 2.10 bits per heavy atom. The van der Waals surface area contributed by atoms with Gasteiger partial charge < -0.3 is 15.2 Å². The summed E-state index contributed by atoms with van der Waals surface area (Å²) in [7, 11) is 0. The van der Waals surface area contributed by atoms with Crippen LogP contribution in [-0.4, -0.2) is 53.7 Å². The molecule has 1 fully saturated rings. The zero-order valence-electron chi connectivity index (χ0n) is 11.9. The van der Waals surface area contributed by atoms with Gasteiger partial charge in [0.05, 0.1) is 19.0 Å². The lowest BCUT2D eigenvalue weighted by Crippen LogP contribution is -2.41. The molecular formula is C13H22N2O5. The molecule has 1 saturated heterocycles. The van der Waals surface area contributed by atoms with Crippen molar-refractivity contribution in [1.29, 1.82) is 0 Å². The van der Waals surface area contributed by atoms with E-state index in [1.807, 2.05) is 6.92 Å². The number of carbonyl (C=O) groups excluding carboxylic acids is 2. The van der Waals surface area contributed by atoms with Crippen molar-refractivity contribution < 1.29 is 24.2 Å². The molecule has 0 aromatic carbocycles. The Kier molecular flexibility index (Phi) is 6.44. The van der Waals surface area contributed by atoms with Crippen molar-refractivity contribution in [2.75, 3.05) is 19.7 Å². The van der Waals surface area contributed by atoms with Crippen LogP contribution in [0, 0.1) is 5.92 Å². The molecule has 1 aliphatic heterocycles. The number of carboxylic acid groups (broad SMARTS) is 1. The van der Waals surface area contributed by atoms with Crippen molar-refractivity contribution in [3.05, 3.63) is 0 Å².